The van der Waals surface area contributed by atoms with Gasteiger partial charge < -0.3 is 9.67 Å². The van der Waals surface area contributed by atoms with Crippen LogP contribution in [0.15, 0.2) is 30.5 Å². The van der Waals surface area contributed by atoms with Gasteiger partial charge in [0.15, 0.2) is 0 Å². The average molecular weight is 296 g/mol. The van der Waals surface area contributed by atoms with Gasteiger partial charge in [-0.15, -0.1) is 0 Å². The van der Waals surface area contributed by atoms with Crippen molar-refractivity contribution in [2.24, 2.45) is 7.05 Å². The highest BCUT2D eigenvalue weighted by Gasteiger charge is 2.19. The van der Waals surface area contributed by atoms with E-state index in [1.807, 2.05) is 42.1 Å². The fourth-order valence-corrected chi connectivity index (χ4v) is 2.83. The molecule has 0 aliphatic rings. The number of nitrogens with one attached hydrogen (secondary N) is 1. The second-order valence-electron chi connectivity index (χ2n) is 5.17. The van der Waals surface area contributed by atoms with E-state index >= 15 is 0 Å². The molecule has 1 aromatic heterocycles. The molecule has 0 saturated carbocycles. The summed E-state index contributed by atoms with van der Waals surface area (Å²) in [6.07, 6.45) is 0.966. The van der Waals surface area contributed by atoms with Crippen LogP contribution in [0.1, 0.15) is 25.5 Å². The van der Waals surface area contributed by atoms with E-state index < -0.39 is 21.4 Å². The standard InChI is InChI=1S/C14H20N2O3S/c1-10(2)20(18,19)15-8-14(17)12-9-16(3)13-7-5-4-6-11(12)13/h4-7,9-10,14-15,17H,8H2,1-3H3. The lowest BCUT2D eigenvalue weighted by Crippen LogP contribution is -2.33. The number of aromatic nitrogens is 1. The number of aryl methyl sites for hydroxylation is 1. The first-order valence-corrected chi connectivity index (χ1v) is 8.08. The van der Waals surface area contributed by atoms with Crippen LogP contribution in [0.25, 0.3) is 10.9 Å². The molecule has 2 N–H and O–H groups in total. The number of hydrogen-bond acceptors (Lipinski definition) is 3. The molecule has 0 bridgehead atoms. The lowest BCUT2D eigenvalue weighted by Gasteiger charge is -2.13. The molecule has 1 atom stereocenters. The molecule has 2 rings (SSSR count). The lowest BCUT2D eigenvalue weighted by molar-refractivity contribution is 0.183. The quantitative estimate of drug-likeness (QED) is 0.879. The van der Waals surface area contributed by atoms with Crippen molar-refractivity contribution in [3.8, 4) is 0 Å². The van der Waals surface area contributed by atoms with Crippen molar-refractivity contribution >= 4 is 20.9 Å². The van der Waals surface area contributed by atoms with Crippen molar-refractivity contribution in [1.82, 2.24) is 9.29 Å². The number of rotatable bonds is 5. The second-order valence-corrected chi connectivity index (χ2v) is 7.49. The molecule has 1 heterocycles. The molecule has 6 heteroatoms. The molecule has 1 unspecified atom stereocenters. The Bertz CT molecular complexity index is 704. The number of hydrogen-bond donors (Lipinski definition) is 2. The molecule has 20 heavy (non-hydrogen) atoms. The van der Waals surface area contributed by atoms with Gasteiger partial charge in [-0.25, -0.2) is 13.1 Å². The van der Waals surface area contributed by atoms with E-state index in [1.165, 1.54) is 0 Å². The zero-order chi connectivity index (χ0) is 14.9. The third-order valence-electron chi connectivity index (χ3n) is 3.39. The summed E-state index contributed by atoms with van der Waals surface area (Å²) in [6.45, 7) is 3.19. The monoisotopic (exact) mass is 296 g/mol. The van der Waals surface area contributed by atoms with Gasteiger partial charge in [-0.3, -0.25) is 0 Å². The molecule has 0 spiro atoms. The Kier molecular flexibility index (Phi) is 4.17. The summed E-state index contributed by atoms with van der Waals surface area (Å²) in [5, 5.41) is 10.7. The maximum absolute atomic E-state index is 11.7. The zero-order valence-corrected chi connectivity index (χ0v) is 12.7. The minimum atomic E-state index is -3.36. The topological polar surface area (TPSA) is 71.3 Å². The zero-order valence-electron chi connectivity index (χ0n) is 11.9. The van der Waals surface area contributed by atoms with Crippen LogP contribution in [0.5, 0.6) is 0 Å². The minimum absolute atomic E-state index is 0.0193. The van der Waals surface area contributed by atoms with Crippen LogP contribution in [0.4, 0.5) is 0 Å². The van der Waals surface area contributed by atoms with Crippen LogP contribution < -0.4 is 4.72 Å². The van der Waals surface area contributed by atoms with Gasteiger partial charge in [-0.05, 0) is 19.9 Å². The van der Waals surface area contributed by atoms with Gasteiger partial charge in [0.2, 0.25) is 10.0 Å². The first kappa shape index (κ1) is 15.0. The first-order chi connectivity index (χ1) is 9.33. The summed E-state index contributed by atoms with van der Waals surface area (Å²) in [5.41, 5.74) is 1.74. The number of sulfonamides is 1. The SMILES string of the molecule is CC(C)S(=O)(=O)NCC(O)c1cn(C)c2ccccc12. The predicted octanol–water partition coefficient (Wildman–Crippen LogP) is 1.54. The number of nitrogens with zero attached hydrogens (tertiary/aromatic N) is 1. The minimum Gasteiger partial charge on any atom is -0.387 e. The van der Waals surface area contributed by atoms with Gasteiger partial charge >= 0.3 is 0 Å². The van der Waals surface area contributed by atoms with Gasteiger partial charge in [-0.1, -0.05) is 18.2 Å². The fourth-order valence-electron chi connectivity index (χ4n) is 2.11. The van der Waals surface area contributed by atoms with Crippen LogP contribution in [-0.4, -0.2) is 29.9 Å². The van der Waals surface area contributed by atoms with Gasteiger partial charge in [0, 0.05) is 36.3 Å². The van der Waals surface area contributed by atoms with Crippen molar-refractivity contribution in [1.29, 1.82) is 0 Å². The molecule has 0 amide bonds. The van der Waals surface area contributed by atoms with Crippen LogP contribution >= 0.6 is 0 Å². The Morgan fingerprint density at radius 1 is 1.30 bits per heavy atom. The highest BCUT2D eigenvalue weighted by Crippen LogP contribution is 2.25. The predicted molar refractivity (Wildman–Crippen MR) is 79.9 cm³/mol. The highest BCUT2D eigenvalue weighted by atomic mass is 32.2. The summed E-state index contributed by atoms with van der Waals surface area (Å²) >= 11 is 0. The van der Waals surface area contributed by atoms with Gasteiger partial charge in [-0.2, -0.15) is 0 Å². The van der Waals surface area contributed by atoms with Crippen molar-refractivity contribution in [2.45, 2.75) is 25.2 Å². The number of aliphatic hydroxyl groups excluding tert-OH is 1. The van der Waals surface area contributed by atoms with E-state index in [0.717, 1.165) is 16.5 Å². The van der Waals surface area contributed by atoms with Crippen molar-refractivity contribution in [3.05, 3.63) is 36.0 Å². The maximum atomic E-state index is 11.7. The number of benzene rings is 1. The molecule has 0 fully saturated rings. The lowest BCUT2D eigenvalue weighted by atomic mass is 10.1. The first-order valence-electron chi connectivity index (χ1n) is 6.53. The second kappa shape index (κ2) is 5.55. The Balaban J connectivity index is 2.22. The molecule has 0 radical (unpaired) electrons. The number of aliphatic hydroxyl groups is 1. The van der Waals surface area contributed by atoms with Crippen LogP contribution in [0, 0.1) is 0 Å². The van der Waals surface area contributed by atoms with Gasteiger partial charge in [0.05, 0.1) is 11.4 Å². The Morgan fingerprint density at radius 3 is 2.60 bits per heavy atom. The normalized spacial score (nSPS) is 14.1. The largest absolute Gasteiger partial charge is 0.387 e. The summed E-state index contributed by atoms with van der Waals surface area (Å²) < 4.78 is 27.8. The smallest absolute Gasteiger partial charge is 0.214 e. The van der Waals surface area contributed by atoms with Crippen LogP contribution in [0.2, 0.25) is 0 Å². The molecular weight excluding hydrogens is 276 g/mol. The molecular formula is C14H20N2O3S. The molecule has 5 nitrogen and oxygen atoms in total. The average Bonchev–Trinajstić information content (AvgIpc) is 2.74. The third-order valence-corrected chi connectivity index (χ3v) is 5.20. The summed E-state index contributed by atoms with van der Waals surface area (Å²) in [7, 11) is -1.46. The highest BCUT2D eigenvalue weighted by molar-refractivity contribution is 7.90. The fraction of sp³-hybridized carbons (Fsp3) is 0.429. The molecule has 110 valence electrons. The van der Waals surface area contributed by atoms with E-state index in [0.29, 0.717) is 0 Å². The summed E-state index contributed by atoms with van der Waals surface area (Å²) in [5.74, 6) is 0. The van der Waals surface area contributed by atoms with Crippen molar-refractivity contribution in [3.63, 3.8) is 0 Å². The van der Waals surface area contributed by atoms with Gasteiger partial charge in [0.1, 0.15) is 0 Å². The van der Waals surface area contributed by atoms with Crippen molar-refractivity contribution in [2.75, 3.05) is 6.54 Å². The molecule has 0 saturated heterocycles. The molecule has 2 aromatic rings. The van der Waals surface area contributed by atoms with Crippen LogP contribution in [-0.2, 0) is 17.1 Å². The van der Waals surface area contributed by atoms with E-state index in [4.69, 9.17) is 0 Å². The van der Waals surface area contributed by atoms with E-state index in [2.05, 4.69) is 4.72 Å². The Morgan fingerprint density at radius 2 is 1.95 bits per heavy atom. The Hall–Kier alpha value is -1.37. The van der Waals surface area contributed by atoms with E-state index in [-0.39, 0.29) is 6.54 Å². The number of para-hydroxylation sites is 1. The van der Waals surface area contributed by atoms with Crippen molar-refractivity contribution < 1.29 is 13.5 Å². The van der Waals surface area contributed by atoms with E-state index in [9.17, 15) is 13.5 Å². The van der Waals surface area contributed by atoms with Crippen LogP contribution in [0.3, 0.4) is 0 Å². The maximum Gasteiger partial charge on any atom is 0.214 e. The Labute approximate surface area is 119 Å². The summed E-state index contributed by atoms with van der Waals surface area (Å²) in [6, 6.07) is 7.71. The molecule has 0 aliphatic heterocycles. The third kappa shape index (κ3) is 2.87. The number of fused-ring (bicyclic) bond motifs is 1. The van der Waals surface area contributed by atoms with E-state index in [1.54, 1.807) is 13.8 Å². The van der Waals surface area contributed by atoms with Gasteiger partial charge in [0.25, 0.3) is 0 Å². The molecule has 1 aromatic carbocycles. The summed E-state index contributed by atoms with van der Waals surface area (Å²) in [4.78, 5) is 0. The molecule has 0 aliphatic carbocycles.